The molecule has 0 radical (unpaired) electrons. The number of nitrogens with one attached hydrogen (secondary N) is 2. The zero-order chi connectivity index (χ0) is 11.8. The Labute approximate surface area is 97.5 Å². The van der Waals surface area contributed by atoms with Crippen LogP contribution >= 0.6 is 0 Å². The van der Waals surface area contributed by atoms with Crippen LogP contribution in [0.15, 0.2) is 0 Å². The molecule has 0 aliphatic carbocycles. The highest BCUT2D eigenvalue weighted by Crippen LogP contribution is 1.95. The van der Waals surface area contributed by atoms with Crippen molar-refractivity contribution in [1.29, 1.82) is 0 Å². The van der Waals surface area contributed by atoms with Crippen LogP contribution in [0.1, 0.15) is 13.3 Å². The van der Waals surface area contributed by atoms with Crippen molar-refractivity contribution >= 4 is 5.91 Å². The fraction of sp³-hybridized carbons (Fsp3) is 0.909. The van der Waals surface area contributed by atoms with Crippen molar-refractivity contribution in [1.82, 2.24) is 15.5 Å². The van der Waals surface area contributed by atoms with Crippen LogP contribution < -0.4 is 10.6 Å². The second kappa shape index (κ2) is 7.60. The first-order valence-corrected chi connectivity index (χ1v) is 5.96. The highest BCUT2D eigenvalue weighted by Gasteiger charge is 2.10. The molecule has 1 heterocycles. The van der Waals surface area contributed by atoms with Crippen LogP contribution in [0.4, 0.5) is 0 Å². The second-order valence-corrected chi connectivity index (χ2v) is 4.20. The first-order chi connectivity index (χ1) is 7.72. The molecule has 94 valence electrons. The smallest absolute Gasteiger partial charge is 0.221 e. The first-order valence-electron chi connectivity index (χ1n) is 5.96. The van der Waals surface area contributed by atoms with Gasteiger partial charge in [0.2, 0.25) is 5.91 Å². The normalized spacial score (nSPS) is 19.4. The maximum Gasteiger partial charge on any atom is 0.221 e. The summed E-state index contributed by atoms with van der Waals surface area (Å²) < 4.78 is 5.26. The van der Waals surface area contributed by atoms with Crippen LogP contribution in [0.3, 0.4) is 0 Å². The molecule has 0 spiro atoms. The lowest BCUT2D eigenvalue weighted by Crippen LogP contribution is -2.42. The summed E-state index contributed by atoms with van der Waals surface area (Å²) in [6.45, 7) is 7.22. The van der Waals surface area contributed by atoms with E-state index in [0.717, 1.165) is 39.4 Å². The van der Waals surface area contributed by atoms with E-state index < -0.39 is 0 Å². The van der Waals surface area contributed by atoms with Gasteiger partial charge in [-0.25, -0.2) is 0 Å². The molecule has 0 aromatic rings. The number of carbonyl (C=O) groups is 1. The zero-order valence-corrected chi connectivity index (χ0v) is 10.3. The maximum atomic E-state index is 11.5. The number of morpholine rings is 1. The number of rotatable bonds is 6. The Balaban J connectivity index is 2.03. The Morgan fingerprint density at radius 2 is 2.12 bits per heavy atom. The van der Waals surface area contributed by atoms with Gasteiger partial charge in [0.05, 0.1) is 13.2 Å². The Morgan fingerprint density at radius 1 is 1.44 bits per heavy atom. The third-order valence-corrected chi connectivity index (χ3v) is 2.84. The fourth-order valence-corrected chi connectivity index (χ4v) is 1.63. The average molecular weight is 229 g/mol. The van der Waals surface area contributed by atoms with Crippen LogP contribution in [-0.2, 0) is 9.53 Å². The molecule has 5 heteroatoms. The summed E-state index contributed by atoms with van der Waals surface area (Å²) in [6, 6.07) is 0.239. The van der Waals surface area contributed by atoms with Crippen LogP contribution in [0, 0.1) is 0 Å². The standard InChI is InChI=1S/C11H23N3O2/c1-10(12-2)9-11(15)13-3-4-14-5-7-16-8-6-14/h10,12H,3-9H2,1-2H3,(H,13,15). The molecule has 5 nitrogen and oxygen atoms in total. The molecule has 1 aliphatic heterocycles. The lowest BCUT2D eigenvalue weighted by atomic mass is 10.2. The molecule has 1 atom stereocenters. The van der Waals surface area contributed by atoms with Crippen molar-refractivity contribution < 1.29 is 9.53 Å². The van der Waals surface area contributed by atoms with E-state index in [9.17, 15) is 4.79 Å². The van der Waals surface area contributed by atoms with Gasteiger partial charge in [0.15, 0.2) is 0 Å². The van der Waals surface area contributed by atoms with E-state index in [2.05, 4.69) is 15.5 Å². The molecule has 1 rings (SSSR count). The molecule has 1 aliphatic rings. The molecular weight excluding hydrogens is 206 g/mol. The summed E-state index contributed by atoms with van der Waals surface area (Å²) in [5.74, 6) is 0.120. The number of hydrogen-bond acceptors (Lipinski definition) is 4. The monoisotopic (exact) mass is 229 g/mol. The molecule has 1 unspecified atom stereocenters. The SMILES string of the molecule is CNC(C)CC(=O)NCCN1CCOCC1. The van der Waals surface area contributed by atoms with Crippen molar-refractivity contribution in [3.63, 3.8) is 0 Å². The van der Waals surface area contributed by atoms with Gasteiger partial charge in [0.1, 0.15) is 0 Å². The van der Waals surface area contributed by atoms with Gasteiger partial charge in [-0.15, -0.1) is 0 Å². The summed E-state index contributed by atoms with van der Waals surface area (Å²) in [4.78, 5) is 13.8. The highest BCUT2D eigenvalue weighted by atomic mass is 16.5. The van der Waals surface area contributed by atoms with E-state index in [1.54, 1.807) is 0 Å². The molecule has 16 heavy (non-hydrogen) atoms. The molecular formula is C11H23N3O2. The van der Waals surface area contributed by atoms with Gasteiger partial charge in [-0.1, -0.05) is 0 Å². The molecule has 1 saturated heterocycles. The van der Waals surface area contributed by atoms with Gasteiger partial charge in [-0.3, -0.25) is 9.69 Å². The van der Waals surface area contributed by atoms with Crippen molar-refractivity contribution in [2.75, 3.05) is 46.4 Å². The molecule has 0 saturated carbocycles. The summed E-state index contributed by atoms with van der Waals surface area (Å²) in [6.07, 6.45) is 0.541. The van der Waals surface area contributed by atoms with Crippen LogP contribution in [0.2, 0.25) is 0 Å². The van der Waals surface area contributed by atoms with Gasteiger partial charge in [-0.2, -0.15) is 0 Å². The van der Waals surface area contributed by atoms with Crippen LogP contribution in [0.25, 0.3) is 0 Å². The summed E-state index contributed by atoms with van der Waals surface area (Å²) >= 11 is 0. The highest BCUT2D eigenvalue weighted by molar-refractivity contribution is 5.76. The van der Waals surface area contributed by atoms with E-state index in [1.165, 1.54) is 0 Å². The molecule has 1 fully saturated rings. The predicted molar refractivity (Wildman–Crippen MR) is 63.4 cm³/mol. The number of hydrogen-bond donors (Lipinski definition) is 2. The van der Waals surface area contributed by atoms with E-state index in [4.69, 9.17) is 4.74 Å². The number of nitrogens with zero attached hydrogens (tertiary/aromatic N) is 1. The second-order valence-electron chi connectivity index (χ2n) is 4.20. The minimum atomic E-state index is 0.120. The van der Waals surface area contributed by atoms with Crippen molar-refractivity contribution in [3.8, 4) is 0 Å². The maximum absolute atomic E-state index is 11.5. The Hall–Kier alpha value is -0.650. The quantitative estimate of drug-likeness (QED) is 0.640. The average Bonchev–Trinajstić information content (AvgIpc) is 2.30. The van der Waals surface area contributed by atoms with Crippen molar-refractivity contribution in [2.24, 2.45) is 0 Å². The Morgan fingerprint density at radius 3 is 2.75 bits per heavy atom. The van der Waals surface area contributed by atoms with E-state index in [1.807, 2.05) is 14.0 Å². The van der Waals surface area contributed by atoms with Gasteiger partial charge in [0.25, 0.3) is 0 Å². The molecule has 0 bridgehead atoms. The molecule has 1 amide bonds. The predicted octanol–water partition coefficient (Wildman–Crippen LogP) is -0.567. The van der Waals surface area contributed by atoms with Gasteiger partial charge in [0, 0.05) is 38.6 Å². The Bertz CT molecular complexity index is 205. The van der Waals surface area contributed by atoms with Gasteiger partial charge >= 0.3 is 0 Å². The van der Waals surface area contributed by atoms with Crippen molar-refractivity contribution in [3.05, 3.63) is 0 Å². The lowest BCUT2D eigenvalue weighted by molar-refractivity contribution is -0.121. The third-order valence-electron chi connectivity index (χ3n) is 2.84. The van der Waals surface area contributed by atoms with E-state index >= 15 is 0 Å². The lowest BCUT2D eigenvalue weighted by Gasteiger charge is -2.26. The van der Waals surface area contributed by atoms with Crippen LogP contribution in [-0.4, -0.2) is 63.3 Å². The van der Waals surface area contributed by atoms with E-state index in [0.29, 0.717) is 6.42 Å². The summed E-state index contributed by atoms with van der Waals surface area (Å²) in [7, 11) is 1.87. The molecule has 0 aromatic carbocycles. The van der Waals surface area contributed by atoms with Crippen LogP contribution in [0.5, 0.6) is 0 Å². The Kier molecular flexibility index (Phi) is 6.37. The van der Waals surface area contributed by atoms with Crippen molar-refractivity contribution in [2.45, 2.75) is 19.4 Å². The number of carbonyl (C=O) groups excluding carboxylic acids is 1. The van der Waals surface area contributed by atoms with Gasteiger partial charge in [-0.05, 0) is 14.0 Å². The fourth-order valence-electron chi connectivity index (χ4n) is 1.63. The largest absolute Gasteiger partial charge is 0.379 e. The number of amides is 1. The molecule has 2 N–H and O–H groups in total. The van der Waals surface area contributed by atoms with E-state index in [-0.39, 0.29) is 11.9 Å². The molecule has 0 aromatic heterocycles. The minimum Gasteiger partial charge on any atom is -0.379 e. The minimum absolute atomic E-state index is 0.120. The summed E-state index contributed by atoms with van der Waals surface area (Å²) in [5, 5.41) is 5.98. The topological polar surface area (TPSA) is 53.6 Å². The third kappa shape index (κ3) is 5.44. The first kappa shape index (κ1) is 13.4. The zero-order valence-electron chi connectivity index (χ0n) is 10.3. The van der Waals surface area contributed by atoms with Gasteiger partial charge < -0.3 is 15.4 Å². The number of ether oxygens (including phenoxy) is 1. The summed E-state index contributed by atoms with van der Waals surface area (Å²) in [5.41, 5.74) is 0.